The third kappa shape index (κ3) is 5.30. The molecule has 0 unspecified atom stereocenters. The molecule has 0 radical (unpaired) electrons. The van der Waals surface area contributed by atoms with E-state index in [9.17, 15) is 9.59 Å². The minimum Gasteiger partial charge on any atom is -0.497 e. The van der Waals surface area contributed by atoms with E-state index in [0.717, 1.165) is 24.3 Å². The lowest BCUT2D eigenvalue weighted by atomic mass is 10.1. The summed E-state index contributed by atoms with van der Waals surface area (Å²) in [6.07, 6.45) is 2.41. The summed E-state index contributed by atoms with van der Waals surface area (Å²) in [6.45, 7) is 2.13. The molecular weight excluding hydrogens is 258 g/mol. The number of rotatable bonds is 8. The van der Waals surface area contributed by atoms with Crippen molar-refractivity contribution in [2.24, 2.45) is 0 Å². The number of carbonyl (C=O) groups is 2. The van der Waals surface area contributed by atoms with Gasteiger partial charge in [-0.15, -0.1) is 0 Å². The molecule has 1 N–H and O–H groups in total. The van der Waals surface area contributed by atoms with Crippen molar-refractivity contribution in [1.29, 1.82) is 0 Å². The number of carboxylic acid groups (broad SMARTS) is 1. The van der Waals surface area contributed by atoms with Gasteiger partial charge in [-0.05, 0) is 37.1 Å². The van der Waals surface area contributed by atoms with Gasteiger partial charge >= 0.3 is 5.97 Å². The minimum absolute atomic E-state index is 0.0200. The van der Waals surface area contributed by atoms with E-state index in [1.165, 1.54) is 6.92 Å². The average Bonchev–Trinajstić information content (AvgIpc) is 2.42. The van der Waals surface area contributed by atoms with Gasteiger partial charge in [-0.25, -0.2) is 0 Å². The molecule has 0 aliphatic rings. The lowest BCUT2D eigenvalue weighted by Crippen LogP contribution is -2.29. The first-order chi connectivity index (χ1) is 9.54. The smallest absolute Gasteiger partial charge is 0.303 e. The molecule has 0 saturated carbocycles. The van der Waals surface area contributed by atoms with Crippen molar-refractivity contribution in [2.75, 3.05) is 18.6 Å². The van der Waals surface area contributed by atoms with Gasteiger partial charge in [-0.1, -0.05) is 6.42 Å². The highest BCUT2D eigenvalue weighted by atomic mass is 16.5. The molecule has 0 saturated heterocycles. The first-order valence-electron chi connectivity index (χ1n) is 6.68. The maximum absolute atomic E-state index is 11.7. The Hall–Kier alpha value is -2.04. The van der Waals surface area contributed by atoms with Gasteiger partial charge in [0, 0.05) is 25.6 Å². The van der Waals surface area contributed by atoms with Gasteiger partial charge < -0.3 is 14.7 Å². The van der Waals surface area contributed by atoms with Gasteiger partial charge in [0.2, 0.25) is 5.91 Å². The van der Waals surface area contributed by atoms with E-state index in [1.807, 2.05) is 24.3 Å². The Balaban J connectivity index is 2.51. The monoisotopic (exact) mass is 279 g/mol. The zero-order valence-electron chi connectivity index (χ0n) is 12.0. The third-order valence-electron chi connectivity index (χ3n) is 3.04. The number of ether oxygens (including phenoxy) is 1. The summed E-state index contributed by atoms with van der Waals surface area (Å²) >= 11 is 0. The van der Waals surface area contributed by atoms with Crippen molar-refractivity contribution in [2.45, 2.75) is 32.6 Å². The van der Waals surface area contributed by atoms with Crippen LogP contribution in [0.25, 0.3) is 0 Å². The van der Waals surface area contributed by atoms with Crippen molar-refractivity contribution < 1.29 is 19.4 Å². The minimum atomic E-state index is -0.774. The van der Waals surface area contributed by atoms with E-state index in [1.54, 1.807) is 12.0 Å². The van der Waals surface area contributed by atoms with Crippen LogP contribution in [0.2, 0.25) is 0 Å². The van der Waals surface area contributed by atoms with E-state index in [2.05, 4.69) is 0 Å². The number of carboxylic acids is 1. The molecule has 1 aromatic carbocycles. The van der Waals surface area contributed by atoms with Crippen molar-refractivity contribution in [3.05, 3.63) is 24.3 Å². The molecule has 0 heterocycles. The normalized spacial score (nSPS) is 10.1. The fourth-order valence-electron chi connectivity index (χ4n) is 1.95. The number of unbranched alkanes of at least 4 members (excludes halogenated alkanes) is 2. The summed E-state index contributed by atoms with van der Waals surface area (Å²) in [5.41, 5.74) is 0.830. The Bertz CT molecular complexity index is 442. The molecule has 110 valence electrons. The van der Waals surface area contributed by atoms with Crippen LogP contribution in [0.1, 0.15) is 32.6 Å². The third-order valence-corrected chi connectivity index (χ3v) is 3.04. The van der Waals surface area contributed by atoms with Crippen LogP contribution in [-0.2, 0) is 9.59 Å². The SMILES string of the molecule is COc1ccc(N(CCCCCC(=O)O)C(C)=O)cc1. The Morgan fingerprint density at radius 1 is 1.15 bits per heavy atom. The highest BCUT2D eigenvalue weighted by Crippen LogP contribution is 2.20. The van der Waals surface area contributed by atoms with Crippen LogP contribution in [-0.4, -0.2) is 30.6 Å². The number of benzene rings is 1. The highest BCUT2D eigenvalue weighted by Gasteiger charge is 2.11. The molecule has 0 spiro atoms. The number of amides is 1. The van der Waals surface area contributed by atoms with E-state index in [-0.39, 0.29) is 12.3 Å². The molecule has 5 heteroatoms. The summed E-state index contributed by atoms with van der Waals surface area (Å²) in [4.78, 5) is 23.8. The molecule has 0 atom stereocenters. The summed E-state index contributed by atoms with van der Waals surface area (Å²) in [5.74, 6) is -0.0457. The number of aliphatic carboxylic acids is 1. The Kier molecular flexibility index (Phi) is 6.56. The lowest BCUT2D eigenvalue weighted by molar-refractivity contribution is -0.137. The first kappa shape index (κ1) is 16.0. The number of hydrogen-bond donors (Lipinski definition) is 1. The van der Waals surface area contributed by atoms with Crippen LogP contribution in [0.5, 0.6) is 5.75 Å². The standard InChI is InChI=1S/C15H21NO4/c1-12(17)16(11-5-3-4-6-15(18)19)13-7-9-14(20-2)10-8-13/h7-10H,3-6,11H2,1-2H3,(H,18,19). The number of nitrogens with zero attached hydrogens (tertiary/aromatic N) is 1. The second-order valence-corrected chi connectivity index (χ2v) is 4.57. The molecule has 0 aliphatic carbocycles. The van der Waals surface area contributed by atoms with Gasteiger partial charge in [0.15, 0.2) is 0 Å². The second-order valence-electron chi connectivity index (χ2n) is 4.57. The van der Waals surface area contributed by atoms with E-state index >= 15 is 0 Å². The molecule has 1 rings (SSSR count). The highest BCUT2D eigenvalue weighted by molar-refractivity contribution is 5.91. The summed E-state index contributed by atoms with van der Waals surface area (Å²) in [5, 5.41) is 8.56. The lowest BCUT2D eigenvalue weighted by Gasteiger charge is -2.21. The van der Waals surface area contributed by atoms with E-state index < -0.39 is 5.97 Å². The maximum atomic E-state index is 11.7. The van der Waals surface area contributed by atoms with Crippen LogP contribution in [0.4, 0.5) is 5.69 Å². The van der Waals surface area contributed by atoms with Gasteiger partial charge in [-0.3, -0.25) is 9.59 Å². The Morgan fingerprint density at radius 2 is 1.80 bits per heavy atom. The molecule has 1 amide bonds. The van der Waals surface area contributed by atoms with E-state index in [0.29, 0.717) is 13.0 Å². The van der Waals surface area contributed by atoms with Gasteiger partial charge in [0.05, 0.1) is 7.11 Å². The predicted octanol–water partition coefficient (Wildman–Crippen LogP) is 2.69. The summed E-state index contributed by atoms with van der Waals surface area (Å²) in [6, 6.07) is 7.32. The fraction of sp³-hybridized carbons (Fsp3) is 0.467. The number of carbonyl (C=O) groups excluding carboxylic acids is 1. The second kappa shape index (κ2) is 8.19. The van der Waals surface area contributed by atoms with Crippen LogP contribution >= 0.6 is 0 Å². The first-order valence-corrected chi connectivity index (χ1v) is 6.68. The molecule has 0 aromatic heterocycles. The van der Waals surface area contributed by atoms with Crippen molar-refractivity contribution in [3.63, 3.8) is 0 Å². The molecule has 5 nitrogen and oxygen atoms in total. The number of anilines is 1. The van der Waals surface area contributed by atoms with Crippen LogP contribution < -0.4 is 9.64 Å². The van der Waals surface area contributed by atoms with Gasteiger partial charge in [-0.2, -0.15) is 0 Å². The zero-order valence-corrected chi connectivity index (χ0v) is 12.0. The predicted molar refractivity (Wildman–Crippen MR) is 77.1 cm³/mol. The van der Waals surface area contributed by atoms with Gasteiger partial charge in [0.25, 0.3) is 0 Å². The van der Waals surface area contributed by atoms with E-state index in [4.69, 9.17) is 9.84 Å². The zero-order chi connectivity index (χ0) is 15.0. The Morgan fingerprint density at radius 3 is 2.30 bits per heavy atom. The molecule has 20 heavy (non-hydrogen) atoms. The van der Waals surface area contributed by atoms with Gasteiger partial charge in [0.1, 0.15) is 5.75 Å². The molecule has 0 fully saturated rings. The molecule has 1 aromatic rings. The topological polar surface area (TPSA) is 66.8 Å². The fourth-order valence-corrected chi connectivity index (χ4v) is 1.95. The molecular formula is C15H21NO4. The molecule has 0 aliphatic heterocycles. The largest absolute Gasteiger partial charge is 0.497 e. The summed E-state index contributed by atoms with van der Waals surface area (Å²) in [7, 11) is 1.60. The van der Waals surface area contributed by atoms with Crippen LogP contribution in [0.15, 0.2) is 24.3 Å². The Labute approximate surface area is 119 Å². The quantitative estimate of drug-likeness (QED) is 0.743. The molecule has 0 bridgehead atoms. The summed E-state index contributed by atoms with van der Waals surface area (Å²) < 4.78 is 5.09. The van der Waals surface area contributed by atoms with Crippen molar-refractivity contribution in [3.8, 4) is 5.75 Å². The maximum Gasteiger partial charge on any atom is 0.303 e. The van der Waals surface area contributed by atoms with Crippen LogP contribution in [0.3, 0.4) is 0 Å². The van der Waals surface area contributed by atoms with Crippen molar-refractivity contribution in [1.82, 2.24) is 0 Å². The number of methoxy groups -OCH3 is 1. The average molecular weight is 279 g/mol. The van der Waals surface area contributed by atoms with Crippen LogP contribution in [0, 0.1) is 0 Å². The number of hydrogen-bond acceptors (Lipinski definition) is 3. The van der Waals surface area contributed by atoms with Crippen molar-refractivity contribution >= 4 is 17.6 Å².